The van der Waals surface area contributed by atoms with Crippen molar-refractivity contribution in [3.63, 3.8) is 0 Å². The van der Waals surface area contributed by atoms with Gasteiger partial charge >= 0.3 is 6.36 Å². The normalized spacial score (nSPS) is 11.5. The molecule has 0 unspecified atom stereocenters. The molecule has 1 aromatic rings. The van der Waals surface area contributed by atoms with Gasteiger partial charge in [-0.3, -0.25) is 0 Å². The fourth-order valence-corrected chi connectivity index (χ4v) is 1.55. The number of ether oxygens (including phenoxy) is 1. The molecule has 2 N–H and O–H groups in total. The molecule has 7 heteroatoms. The molecule has 0 aliphatic heterocycles. The van der Waals surface area contributed by atoms with Crippen molar-refractivity contribution in [2.75, 3.05) is 5.73 Å². The Kier molecular flexibility index (Phi) is 3.31. The van der Waals surface area contributed by atoms with Gasteiger partial charge in [0.1, 0.15) is 5.75 Å². The molecule has 14 heavy (non-hydrogen) atoms. The van der Waals surface area contributed by atoms with Gasteiger partial charge in [0, 0.05) is 4.47 Å². The molecule has 0 fully saturated rings. The molecular weight excluding hydrogens is 331 g/mol. The zero-order valence-corrected chi connectivity index (χ0v) is 9.70. The van der Waals surface area contributed by atoms with E-state index in [1.54, 1.807) is 0 Å². The van der Waals surface area contributed by atoms with Crippen molar-refractivity contribution < 1.29 is 17.9 Å². The molecule has 0 saturated heterocycles. The third-order valence-electron chi connectivity index (χ3n) is 1.26. The van der Waals surface area contributed by atoms with Gasteiger partial charge in [0.05, 0.1) is 10.2 Å². The first-order chi connectivity index (χ1) is 6.29. The Bertz CT molecular complexity index is 354. The van der Waals surface area contributed by atoms with E-state index >= 15 is 0 Å². The molecule has 0 heterocycles. The molecule has 78 valence electrons. The topological polar surface area (TPSA) is 35.2 Å². The van der Waals surface area contributed by atoms with E-state index in [9.17, 15) is 13.2 Å². The Hall–Kier alpha value is -0.430. The van der Waals surface area contributed by atoms with Gasteiger partial charge < -0.3 is 10.5 Å². The van der Waals surface area contributed by atoms with E-state index in [-0.39, 0.29) is 15.9 Å². The molecule has 0 aromatic heterocycles. The maximum atomic E-state index is 11.9. The molecular formula is C7H4Br2F3NO. The van der Waals surface area contributed by atoms with Crippen molar-refractivity contribution in [2.45, 2.75) is 6.36 Å². The maximum Gasteiger partial charge on any atom is 0.573 e. The van der Waals surface area contributed by atoms with Crippen molar-refractivity contribution in [2.24, 2.45) is 0 Å². The number of hydrogen-bond donors (Lipinski definition) is 1. The van der Waals surface area contributed by atoms with E-state index < -0.39 is 6.36 Å². The molecule has 0 atom stereocenters. The van der Waals surface area contributed by atoms with Crippen molar-refractivity contribution >= 4 is 37.5 Å². The van der Waals surface area contributed by atoms with Crippen LogP contribution in [0.15, 0.2) is 21.1 Å². The van der Waals surface area contributed by atoms with Gasteiger partial charge in [0.25, 0.3) is 0 Å². The molecule has 0 saturated carbocycles. The molecule has 1 rings (SSSR count). The van der Waals surface area contributed by atoms with Crippen LogP contribution in [-0.4, -0.2) is 6.36 Å². The first-order valence-corrected chi connectivity index (χ1v) is 4.88. The third-order valence-corrected chi connectivity index (χ3v) is 2.56. The SMILES string of the molecule is Nc1cc(Br)cc(OC(F)(F)F)c1Br. The van der Waals surface area contributed by atoms with Gasteiger partial charge in [-0.2, -0.15) is 0 Å². The summed E-state index contributed by atoms with van der Waals surface area (Å²) in [7, 11) is 0. The first-order valence-electron chi connectivity index (χ1n) is 3.30. The number of hydrogen-bond acceptors (Lipinski definition) is 2. The number of alkyl halides is 3. The molecule has 0 spiro atoms. The Morgan fingerprint density at radius 1 is 1.21 bits per heavy atom. The van der Waals surface area contributed by atoms with Gasteiger partial charge in [0.2, 0.25) is 0 Å². The van der Waals surface area contributed by atoms with Crippen LogP contribution in [0.4, 0.5) is 18.9 Å². The molecule has 0 aliphatic carbocycles. The van der Waals surface area contributed by atoms with Crippen LogP contribution in [0, 0.1) is 0 Å². The summed E-state index contributed by atoms with van der Waals surface area (Å²) in [5.74, 6) is -0.371. The highest BCUT2D eigenvalue weighted by molar-refractivity contribution is 9.11. The van der Waals surface area contributed by atoms with Crippen molar-refractivity contribution in [3.05, 3.63) is 21.1 Å². The fourth-order valence-electron chi connectivity index (χ4n) is 0.783. The van der Waals surface area contributed by atoms with Gasteiger partial charge in [-0.05, 0) is 28.1 Å². The second kappa shape index (κ2) is 3.98. The smallest absolute Gasteiger partial charge is 0.404 e. The second-order valence-corrected chi connectivity index (χ2v) is 4.06. The van der Waals surface area contributed by atoms with E-state index in [0.29, 0.717) is 4.47 Å². The minimum atomic E-state index is -4.73. The van der Waals surface area contributed by atoms with Crippen LogP contribution < -0.4 is 10.5 Å². The number of halogens is 5. The van der Waals surface area contributed by atoms with Crippen LogP contribution in [-0.2, 0) is 0 Å². The van der Waals surface area contributed by atoms with Crippen LogP contribution >= 0.6 is 31.9 Å². The third kappa shape index (κ3) is 3.06. The Morgan fingerprint density at radius 3 is 2.29 bits per heavy atom. The predicted molar refractivity (Wildman–Crippen MR) is 52.9 cm³/mol. The summed E-state index contributed by atoms with van der Waals surface area (Å²) in [4.78, 5) is 0. The summed E-state index contributed by atoms with van der Waals surface area (Å²) in [6.45, 7) is 0. The lowest BCUT2D eigenvalue weighted by Gasteiger charge is -2.12. The Balaban J connectivity index is 3.09. The van der Waals surface area contributed by atoms with Gasteiger partial charge in [-0.1, -0.05) is 15.9 Å². The molecule has 0 amide bonds. The molecule has 0 radical (unpaired) electrons. The zero-order chi connectivity index (χ0) is 10.9. The highest BCUT2D eigenvalue weighted by Gasteiger charge is 2.32. The second-order valence-electron chi connectivity index (χ2n) is 2.35. The van der Waals surface area contributed by atoms with Crippen LogP contribution in [0.5, 0.6) is 5.75 Å². The predicted octanol–water partition coefficient (Wildman–Crippen LogP) is 3.69. The summed E-state index contributed by atoms with van der Waals surface area (Å²) in [5.41, 5.74) is 5.58. The van der Waals surface area contributed by atoms with E-state index in [1.807, 2.05) is 0 Å². The maximum absolute atomic E-state index is 11.9. The minimum absolute atomic E-state index is 0.0815. The van der Waals surface area contributed by atoms with Crippen LogP contribution in [0.25, 0.3) is 0 Å². The largest absolute Gasteiger partial charge is 0.573 e. The van der Waals surface area contributed by atoms with Gasteiger partial charge in [-0.15, -0.1) is 13.2 Å². The number of nitrogens with two attached hydrogens (primary N) is 1. The lowest BCUT2D eigenvalue weighted by molar-refractivity contribution is -0.274. The zero-order valence-electron chi connectivity index (χ0n) is 6.53. The van der Waals surface area contributed by atoms with Crippen LogP contribution in [0.2, 0.25) is 0 Å². The highest BCUT2D eigenvalue weighted by atomic mass is 79.9. The fraction of sp³-hybridized carbons (Fsp3) is 0.143. The number of nitrogen functional groups attached to an aromatic ring is 1. The van der Waals surface area contributed by atoms with Gasteiger partial charge in [-0.25, -0.2) is 0 Å². The van der Waals surface area contributed by atoms with E-state index in [4.69, 9.17) is 5.73 Å². The summed E-state index contributed by atoms with van der Waals surface area (Å²) in [6.07, 6.45) is -4.73. The average molecular weight is 335 g/mol. The molecule has 2 nitrogen and oxygen atoms in total. The first kappa shape index (κ1) is 11.6. The number of rotatable bonds is 1. The van der Waals surface area contributed by atoms with Crippen LogP contribution in [0.1, 0.15) is 0 Å². The lowest BCUT2D eigenvalue weighted by Crippen LogP contribution is -2.17. The molecule has 0 aliphatic rings. The summed E-state index contributed by atoms with van der Waals surface area (Å²) in [5, 5.41) is 0. The number of benzene rings is 1. The average Bonchev–Trinajstić information content (AvgIpc) is 1.96. The summed E-state index contributed by atoms with van der Waals surface area (Å²) >= 11 is 5.90. The van der Waals surface area contributed by atoms with Gasteiger partial charge in [0.15, 0.2) is 0 Å². The number of anilines is 1. The van der Waals surface area contributed by atoms with Crippen molar-refractivity contribution in [1.29, 1.82) is 0 Å². The summed E-state index contributed by atoms with van der Waals surface area (Å²) in [6, 6.07) is 2.64. The quantitative estimate of drug-likeness (QED) is 0.795. The van der Waals surface area contributed by atoms with E-state index in [0.717, 1.165) is 0 Å². The standard InChI is InChI=1S/C7H4Br2F3NO/c8-3-1-4(13)6(9)5(2-3)14-7(10,11)12/h1-2H,13H2. The Morgan fingerprint density at radius 2 is 1.79 bits per heavy atom. The monoisotopic (exact) mass is 333 g/mol. The van der Waals surface area contributed by atoms with E-state index in [2.05, 4.69) is 36.6 Å². The Labute approximate surface area is 94.5 Å². The lowest BCUT2D eigenvalue weighted by atomic mass is 10.3. The van der Waals surface area contributed by atoms with E-state index in [1.165, 1.54) is 12.1 Å². The summed E-state index contributed by atoms with van der Waals surface area (Å²) < 4.78 is 39.9. The van der Waals surface area contributed by atoms with Crippen LogP contribution in [0.3, 0.4) is 0 Å². The highest BCUT2D eigenvalue weighted by Crippen LogP contribution is 2.37. The van der Waals surface area contributed by atoms with Crippen molar-refractivity contribution in [1.82, 2.24) is 0 Å². The van der Waals surface area contributed by atoms with Crippen molar-refractivity contribution in [3.8, 4) is 5.75 Å². The molecule has 1 aromatic carbocycles. The minimum Gasteiger partial charge on any atom is -0.404 e. The molecule has 0 bridgehead atoms.